The SMILES string of the molecule is Cc1ccc(-c2noc(-c3nn(C)c4c3CCC(C)(C)C4)n2)c(C)c1CCNC1(C(=O)O)CCCC1. The Bertz CT molecular complexity index is 1300. The van der Waals surface area contributed by atoms with E-state index in [1.165, 1.54) is 22.4 Å². The number of carboxylic acids is 1. The molecule has 0 unspecified atom stereocenters. The maximum atomic E-state index is 11.9. The molecule has 2 N–H and O–H groups in total. The van der Waals surface area contributed by atoms with E-state index in [-0.39, 0.29) is 5.41 Å². The molecule has 0 atom stereocenters. The van der Waals surface area contributed by atoms with Gasteiger partial charge in [0, 0.05) is 30.4 Å². The number of benzene rings is 1. The highest BCUT2D eigenvalue weighted by atomic mass is 16.5. The van der Waals surface area contributed by atoms with E-state index in [0.717, 1.165) is 55.3 Å². The van der Waals surface area contributed by atoms with Gasteiger partial charge in [-0.15, -0.1) is 0 Å². The molecule has 1 fully saturated rings. The molecule has 0 radical (unpaired) electrons. The summed E-state index contributed by atoms with van der Waals surface area (Å²) in [4.78, 5) is 16.7. The van der Waals surface area contributed by atoms with Crippen molar-refractivity contribution in [1.82, 2.24) is 25.2 Å². The highest BCUT2D eigenvalue weighted by Crippen LogP contribution is 2.39. The molecule has 36 heavy (non-hydrogen) atoms. The number of carboxylic acid groups (broad SMARTS) is 1. The molecule has 0 saturated heterocycles. The summed E-state index contributed by atoms with van der Waals surface area (Å²) in [5.74, 6) is 0.293. The summed E-state index contributed by atoms with van der Waals surface area (Å²) >= 11 is 0. The first-order valence-electron chi connectivity index (χ1n) is 13.1. The van der Waals surface area contributed by atoms with Crippen LogP contribution in [0.3, 0.4) is 0 Å². The zero-order valence-corrected chi connectivity index (χ0v) is 22.1. The Kier molecular flexibility index (Phi) is 6.27. The van der Waals surface area contributed by atoms with E-state index in [1.54, 1.807) is 0 Å². The Balaban J connectivity index is 1.38. The van der Waals surface area contributed by atoms with Gasteiger partial charge in [-0.1, -0.05) is 44.0 Å². The summed E-state index contributed by atoms with van der Waals surface area (Å²) in [6.07, 6.45) is 7.12. The number of nitrogens with one attached hydrogen (secondary N) is 1. The van der Waals surface area contributed by atoms with Crippen LogP contribution in [0.2, 0.25) is 0 Å². The number of hydrogen-bond acceptors (Lipinski definition) is 6. The molecule has 0 amide bonds. The summed E-state index contributed by atoms with van der Waals surface area (Å²) in [5, 5.41) is 22.2. The number of hydrogen-bond donors (Lipinski definition) is 2. The normalized spacial score (nSPS) is 18.4. The molecule has 2 aliphatic carbocycles. The lowest BCUT2D eigenvalue weighted by Crippen LogP contribution is -2.50. The van der Waals surface area contributed by atoms with E-state index in [1.807, 2.05) is 17.8 Å². The second-order valence-corrected chi connectivity index (χ2v) is 11.5. The van der Waals surface area contributed by atoms with E-state index >= 15 is 0 Å². The maximum absolute atomic E-state index is 11.9. The van der Waals surface area contributed by atoms with Gasteiger partial charge in [0.25, 0.3) is 5.89 Å². The molecule has 8 heteroatoms. The summed E-state index contributed by atoms with van der Waals surface area (Å²) in [5.41, 5.74) is 7.17. The molecule has 2 aliphatic rings. The van der Waals surface area contributed by atoms with Crippen molar-refractivity contribution in [2.45, 2.75) is 84.6 Å². The average molecular weight is 492 g/mol. The molecule has 192 valence electrons. The van der Waals surface area contributed by atoms with Gasteiger partial charge in [0.05, 0.1) is 0 Å². The second-order valence-electron chi connectivity index (χ2n) is 11.5. The molecule has 3 aromatic rings. The van der Waals surface area contributed by atoms with Crippen LogP contribution in [0.25, 0.3) is 23.0 Å². The van der Waals surface area contributed by atoms with Crippen LogP contribution in [0.5, 0.6) is 0 Å². The van der Waals surface area contributed by atoms with Crippen LogP contribution in [0.4, 0.5) is 0 Å². The topological polar surface area (TPSA) is 106 Å². The molecular formula is C28H37N5O3. The minimum absolute atomic E-state index is 0.268. The van der Waals surface area contributed by atoms with Gasteiger partial charge in [-0.2, -0.15) is 10.1 Å². The van der Waals surface area contributed by atoms with E-state index in [2.05, 4.69) is 44.2 Å². The Labute approximate surface area is 212 Å². The number of carbonyl (C=O) groups is 1. The van der Waals surface area contributed by atoms with Crippen molar-refractivity contribution in [2.75, 3.05) is 6.54 Å². The molecule has 2 aromatic heterocycles. The first kappa shape index (κ1) is 24.7. The maximum Gasteiger partial charge on any atom is 0.323 e. The highest BCUT2D eigenvalue weighted by molar-refractivity contribution is 5.79. The van der Waals surface area contributed by atoms with Gasteiger partial charge < -0.3 is 14.9 Å². The van der Waals surface area contributed by atoms with Crippen LogP contribution >= 0.6 is 0 Å². The first-order valence-corrected chi connectivity index (χ1v) is 13.1. The van der Waals surface area contributed by atoms with Gasteiger partial charge >= 0.3 is 5.97 Å². The van der Waals surface area contributed by atoms with Crippen molar-refractivity contribution in [2.24, 2.45) is 12.5 Å². The van der Waals surface area contributed by atoms with E-state index in [9.17, 15) is 9.90 Å². The monoisotopic (exact) mass is 491 g/mol. The molecule has 1 saturated carbocycles. The van der Waals surface area contributed by atoms with Crippen LogP contribution < -0.4 is 5.32 Å². The Morgan fingerprint density at radius 3 is 2.67 bits per heavy atom. The fourth-order valence-electron chi connectivity index (χ4n) is 6.08. The van der Waals surface area contributed by atoms with Crippen molar-refractivity contribution in [3.8, 4) is 23.0 Å². The van der Waals surface area contributed by atoms with Crippen LogP contribution in [-0.2, 0) is 31.1 Å². The minimum Gasteiger partial charge on any atom is -0.480 e. The molecule has 0 spiro atoms. The molecule has 5 rings (SSSR count). The summed E-state index contributed by atoms with van der Waals surface area (Å²) in [6, 6.07) is 4.13. The standard InChI is InChI=1S/C28H37N5O3/c1-17-8-9-20(18(2)19(17)11-15-29-28(26(34)35)12-6-7-13-28)24-30-25(36-32-24)23-21-10-14-27(3,4)16-22(21)33(5)31-23/h8-9,29H,6-7,10-16H2,1-5H3,(H,34,35). The largest absolute Gasteiger partial charge is 0.480 e. The van der Waals surface area contributed by atoms with Crippen LogP contribution in [0.15, 0.2) is 16.7 Å². The fraction of sp³-hybridized carbons (Fsp3) is 0.571. The highest BCUT2D eigenvalue weighted by Gasteiger charge is 2.40. The number of aromatic nitrogens is 4. The quantitative estimate of drug-likeness (QED) is 0.489. The van der Waals surface area contributed by atoms with Crippen molar-refractivity contribution in [3.05, 3.63) is 40.1 Å². The van der Waals surface area contributed by atoms with Gasteiger partial charge in [-0.3, -0.25) is 9.48 Å². The predicted octanol–water partition coefficient (Wildman–Crippen LogP) is 4.80. The smallest absolute Gasteiger partial charge is 0.323 e. The third-order valence-electron chi connectivity index (χ3n) is 8.38. The predicted molar refractivity (Wildman–Crippen MR) is 138 cm³/mol. The van der Waals surface area contributed by atoms with Crippen molar-refractivity contribution in [3.63, 3.8) is 0 Å². The number of rotatable bonds is 7. The molecule has 0 bridgehead atoms. The number of aryl methyl sites for hydroxylation is 2. The van der Waals surface area contributed by atoms with Crippen LogP contribution in [0, 0.1) is 19.3 Å². The third-order valence-corrected chi connectivity index (χ3v) is 8.38. The van der Waals surface area contributed by atoms with Gasteiger partial charge in [0.1, 0.15) is 5.54 Å². The van der Waals surface area contributed by atoms with E-state index < -0.39 is 11.5 Å². The van der Waals surface area contributed by atoms with Gasteiger partial charge in [-0.25, -0.2) is 0 Å². The number of fused-ring (bicyclic) bond motifs is 1. The summed E-state index contributed by atoms with van der Waals surface area (Å²) < 4.78 is 7.70. The van der Waals surface area contributed by atoms with Crippen molar-refractivity contribution in [1.29, 1.82) is 0 Å². The zero-order chi connectivity index (χ0) is 25.7. The van der Waals surface area contributed by atoms with Crippen molar-refractivity contribution >= 4 is 5.97 Å². The lowest BCUT2D eigenvalue weighted by molar-refractivity contribution is -0.144. The van der Waals surface area contributed by atoms with E-state index in [4.69, 9.17) is 14.6 Å². The Morgan fingerprint density at radius 2 is 1.94 bits per heavy atom. The molecule has 2 heterocycles. The van der Waals surface area contributed by atoms with Gasteiger partial charge in [0.2, 0.25) is 5.82 Å². The lowest BCUT2D eigenvalue weighted by Gasteiger charge is -2.29. The van der Waals surface area contributed by atoms with Crippen LogP contribution in [-0.4, -0.2) is 43.1 Å². The lowest BCUT2D eigenvalue weighted by atomic mass is 9.76. The minimum atomic E-state index is -0.779. The fourth-order valence-corrected chi connectivity index (χ4v) is 6.08. The Morgan fingerprint density at radius 1 is 1.19 bits per heavy atom. The number of nitrogens with zero attached hydrogens (tertiary/aromatic N) is 4. The van der Waals surface area contributed by atoms with Gasteiger partial charge in [-0.05, 0) is 74.5 Å². The van der Waals surface area contributed by atoms with Crippen LogP contribution in [0.1, 0.15) is 73.9 Å². The second kappa shape index (κ2) is 9.14. The summed E-state index contributed by atoms with van der Waals surface area (Å²) in [7, 11) is 1.99. The third kappa shape index (κ3) is 4.36. The molecule has 8 nitrogen and oxygen atoms in total. The molecular weight excluding hydrogens is 454 g/mol. The van der Waals surface area contributed by atoms with E-state index in [0.29, 0.717) is 31.1 Å². The first-order chi connectivity index (χ1) is 17.1. The number of aliphatic carboxylic acids is 1. The average Bonchev–Trinajstić information content (AvgIpc) is 3.56. The molecule has 0 aliphatic heterocycles. The summed E-state index contributed by atoms with van der Waals surface area (Å²) in [6.45, 7) is 9.40. The zero-order valence-electron chi connectivity index (χ0n) is 22.1. The van der Waals surface area contributed by atoms with Gasteiger partial charge in [0.15, 0.2) is 5.69 Å². The Hall–Kier alpha value is -3.00. The molecule has 1 aromatic carbocycles. The van der Waals surface area contributed by atoms with Crippen molar-refractivity contribution < 1.29 is 14.4 Å².